The first-order valence-electron chi connectivity index (χ1n) is 8.60. The van der Waals surface area contributed by atoms with Crippen molar-refractivity contribution >= 4 is 28.7 Å². The molecule has 1 unspecified atom stereocenters. The molecule has 3 heterocycles. The van der Waals surface area contributed by atoms with Gasteiger partial charge in [0.25, 0.3) is 0 Å². The summed E-state index contributed by atoms with van der Waals surface area (Å²) in [6.07, 6.45) is 4.97. The number of piperazine rings is 1. The van der Waals surface area contributed by atoms with Crippen LogP contribution in [0.3, 0.4) is 0 Å². The largest absolute Gasteiger partial charge is 0.368 e. The standard InChI is InChI=1S/C18H22N4OS/c23-18(15-2-1-3-16-14(15)6-11-24-16)21-17-5-4-13(12-20-17)22-9-7-19-8-10-22/h4-6,11-12,15,19H,1-3,7-10H2,(H,20,21,23). The number of anilines is 2. The SMILES string of the molecule is O=C(Nc1ccc(N2CCNCC2)cn1)C1CCCc2sccc21. The number of aromatic nitrogens is 1. The molecule has 1 aliphatic carbocycles. The molecule has 6 heteroatoms. The highest BCUT2D eigenvalue weighted by molar-refractivity contribution is 7.10. The lowest BCUT2D eigenvalue weighted by atomic mass is 9.87. The summed E-state index contributed by atoms with van der Waals surface area (Å²) < 4.78 is 0. The van der Waals surface area contributed by atoms with Gasteiger partial charge in [-0.1, -0.05) is 0 Å². The number of hydrogen-bond acceptors (Lipinski definition) is 5. The van der Waals surface area contributed by atoms with Crippen LogP contribution in [0, 0.1) is 0 Å². The van der Waals surface area contributed by atoms with E-state index < -0.39 is 0 Å². The van der Waals surface area contributed by atoms with Crippen molar-refractivity contribution in [1.82, 2.24) is 10.3 Å². The van der Waals surface area contributed by atoms with Gasteiger partial charge in [0.1, 0.15) is 5.82 Å². The summed E-state index contributed by atoms with van der Waals surface area (Å²) in [5, 5.41) is 8.44. The normalized spacial score (nSPS) is 20.5. The maximum atomic E-state index is 12.6. The van der Waals surface area contributed by atoms with Crippen LogP contribution in [0.1, 0.15) is 29.2 Å². The van der Waals surface area contributed by atoms with Crippen molar-refractivity contribution in [2.24, 2.45) is 0 Å². The van der Waals surface area contributed by atoms with E-state index in [0.717, 1.165) is 51.1 Å². The summed E-state index contributed by atoms with van der Waals surface area (Å²) in [5.41, 5.74) is 2.33. The van der Waals surface area contributed by atoms with E-state index in [1.54, 1.807) is 11.3 Å². The molecule has 0 aromatic carbocycles. The van der Waals surface area contributed by atoms with Crippen molar-refractivity contribution in [2.45, 2.75) is 25.2 Å². The van der Waals surface area contributed by atoms with Gasteiger partial charge in [-0.15, -0.1) is 11.3 Å². The number of amides is 1. The van der Waals surface area contributed by atoms with Crippen LogP contribution in [0.15, 0.2) is 29.8 Å². The Labute approximate surface area is 146 Å². The monoisotopic (exact) mass is 342 g/mol. The number of thiophene rings is 1. The topological polar surface area (TPSA) is 57.3 Å². The van der Waals surface area contributed by atoms with Gasteiger partial charge in [-0.3, -0.25) is 4.79 Å². The molecule has 2 aromatic heterocycles. The second-order valence-electron chi connectivity index (χ2n) is 6.37. The van der Waals surface area contributed by atoms with E-state index >= 15 is 0 Å². The summed E-state index contributed by atoms with van der Waals surface area (Å²) in [4.78, 5) is 20.8. The first-order valence-corrected chi connectivity index (χ1v) is 9.48. The maximum Gasteiger partial charge on any atom is 0.233 e. The number of nitrogens with one attached hydrogen (secondary N) is 2. The highest BCUT2D eigenvalue weighted by atomic mass is 32.1. The molecule has 2 aliphatic rings. The number of carbonyl (C=O) groups excluding carboxylic acids is 1. The summed E-state index contributed by atoms with van der Waals surface area (Å²) in [6, 6.07) is 6.06. The van der Waals surface area contributed by atoms with E-state index in [-0.39, 0.29) is 11.8 Å². The third-order valence-corrected chi connectivity index (χ3v) is 5.85. The zero-order valence-electron chi connectivity index (χ0n) is 13.6. The quantitative estimate of drug-likeness (QED) is 0.900. The van der Waals surface area contributed by atoms with E-state index in [0.29, 0.717) is 5.82 Å². The van der Waals surface area contributed by atoms with Crippen molar-refractivity contribution < 1.29 is 4.79 Å². The van der Waals surface area contributed by atoms with Gasteiger partial charge in [-0.2, -0.15) is 0 Å². The molecule has 1 saturated heterocycles. The van der Waals surface area contributed by atoms with Gasteiger partial charge < -0.3 is 15.5 Å². The van der Waals surface area contributed by atoms with Gasteiger partial charge in [0.05, 0.1) is 17.8 Å². The molecule has 1 fully saturated rings. The van der Waals surface area contributed by atoms with Crippen LogP contribution < -0.4 is 15.5 Å². The molecule has 2 aromatic rings. The number of pyridine rings is 1. The zero-order valence-corrected chi connectivity index (χ0v) is 14.4. The third kappa shape index (κ3) is 3.16. The molecule has 5 nitrogen and oxygen atoms in total. The van der Waals surface area contributed by atoms with Crippen LogP contribution in [0.5, 0.6) is 0 Å². The average Bonchev–Trinajstić information content (AvgIpc) is 3.12. The van der Waals surface area contributed by atoms with Gasteiger partial charge in [0.2, 0.25) is 5.91 Å². The van der Waals surface area contributed by atoms with Crippen LogP contribution in [0.25, 0.3) is 0 Å². The average molecular weight is 342 g/mol. The molecule has 1 aliphatic heterocycles. The minimum atomic E-state index is -0.0327. The third-order valence-electron chi connectivity index (χ3n) is 4.85. The molecule has 0 saturated carbocycles. The summed E-state index contributed by atoms with van der Waals surface area (Å²) >= 11 is 1.76. The Hall–Kier alpha value is -1.92. The van der Waals surface area contributed by atoms with Gasteiger partial charge in [-0.25, -0.2) is 4.98 Å². The highest BCUT2D eigenvalue weighted by Gasteiger charge is 2.27. The van der Waals surface area contributed by atoms with Gasteiger partial charge in [0.15, 0.2) is 0 Å². The number of aryl methyl sites for hydroxylation is 1. The first-order chi connectivity index (χ1) is 11.8. The Morgan fingerprint density at radius 2 is 2.17 bits per heavy atom. The Bertz CT molecular complexity index is 706. The summed E-state index contributed by atoms with van der Waals surface area (Å²) in [5.74, 6) is 0.674. The van der Waals surface area contributed by atoms with E-state index in [9.17, 15) is 4.79 Å². The fraction of sp³-hybridized carbons (Fsp3) is 0.444. The molecule has 1 amide bonds. The molecule has 0 bridgehead atoms. The number of carbonyl (C=O) groups is 1. The number of fused-ring (bicyclic) bond motifs is 1. The minimum absolute atomic E-state index is 0.0327. The fourth-order valence-electron chi connectivity index (χ4n) is 3.54. The summed E-state index contributed by atoms with van der Waals surface area (Å²) in [6.45, 7) is 4.00. The Morgan fingerprint density at radius 1 is 1.29 bits per heavy atom. The smallest absolute Gasteiger partial charge is 0.233 e. The highest BCUT2D eigenvalue weighted by Crippen LogP contribution is 2.35. The van der Waals surface area contributed by atoms with Crippen molar-refractivity contribution in [2.75, 3.05) is 36.4 Å². The second-order valence-corrected chi connectivity index (χ2v) is 7.37. The van der Waals surface area contributed by atoms with Crippen molar-refractivity contribution in [3.8, 4) is 0 Å². The van der Waals surface area contributed by atoms with Crippen LogP contribution in [-0.2, 0) is 11.2 Å². The van der Waals surface area contributed by atoms with Crippen molar-refractivity contribution in [3.63, 3.8) is 0 Å². The van der Waals surface area contributed by atoms with E-state index in [4.69, 9.17) is 0 Å². The minimum Gasteiger partial charge on any atom is -0.368 e. The summed E-state index contributed by atoms with van der Waals surface area (Å²) in [7, 11) is 0. The zero-order chi connectivity index (χ0) is 16.4. The second kappa shape index (κ2) is 6.91. The fourth-order valence-corrected chi connectivity index (χ4v) is 4.53. The lowest BCUT2D eigenvalue weighted by molar-refractivity contribution is -0.117. The van der Waals surface area contributed by atoms with E-state index in [1.165, 1.54) is 10.4 Å². The molecule has 2 N–H and O–H groups in total. The predicted octanol–water partition coefficient (Wildman–Crippen LogP) is 2.61. The molecular formula is C18H22N4OS. The lowest BCUT2D eigenvalue weighted by Gasteiger charge is -2.29. The van der Waals surface area contributed by atoms with Crippen molar-refractivity contribution in [1.29, 1.82) is 0 Å². The number of nitrogens with zero attached hydrogens (tertiary/aromatic N) is 2. The Balaban J connectivity index is 1.43. The van der Waals surface area contributed by atoms with Gasteiger partial charge >= 0.3 is 0 Å². The van der Waals surface area contributed by atoms with Crippen molar-refractivity contribution in [3.05, 3.63) is 40.2 Å². The lowest BCUT2D eigenvalue weighted by Crippen LogP contribution is -2.43. The maximum absolute atomic E-state index is 12.6. The van der Waals surface area contributed by atoms with Gasteiger partial charge in [-0.05, 0) is 48.4 Å². The van der Waals surface area contributed by atoms with E-state index in [2.05, 4.69) is 32.0 Å². The van der Waals surface area contributed by atoms with Crippen LogP contribution in [0.4, 0.5) is 11.5 Å². The van der Waals surface area contributed by atoms with Crippen LogP contribution >= 0.6 is 11.3 Å². The molecular weight excluding hydrogens is 320 g/mol. The molecule has 0 spiro atoms. The number of rotatable bonds is 3. The Kier molecular flexibility index (Phi) is 4.49. The molecule has 126 valence electrons. The molecule has 0 radical (unpaired) electrons. The van der Waals surface area contributed by atoms with E-state index in [1.807, 2.05) is 18.3 Å². The molecule has 4 rings (SSSR count). The predicted molar refractivity (Wildman–Crippen MR) is 97.9 cm³/mol. The Morgan fingerprint density at radius 3 is 2.96 bits per heavy atom. The molecule has 24 heavy (non-hydrogen) atoms. The first kappa shape index (κ1) is 15.6. The van der Waals surface area contributed by atoms with Crippen LogP contribution in [0.2, 0.25) is 0 Å². The number of hydrogen-bond donors (Lipinski definition) is 2. The van der Waals surface area contributed by atoms with Crippen LogP contribution in [-0.4, -0.2) is 37.1 Å². The van der Waals surface area contributed by atoms with Gasteiger partial charge in [0, 0.05) is 31.1 Å². The molecule has 1 atom stereocenters.